The molecular weight excluding hydrogens is 410 g/mol. The van der Waals surface area contributed by atoms with Gasteiger partial charge in [0.15, 0.2) is 5.82 Å². The summed E-state index contributed by atoms with van der Waals surface area (Å²) in [5, 5.41) is 4.40. The van der Waals surface area contributed by atoms with Gasteiger partial charge in [-0.05, 0) is 49.8 Å². The molecule has 2 saturated heterocycles. The van der Waals surface area contributed by atoms with Gasteiger partial charge in [0.1, 0.15) is 5.75 Å². The maximum Gasteiger partial charge on any atom is 0.229 e. The van der Waals surface area contributed by atoms with Crippen LogP contribution in [0.2, 0.25) is 0 Å². The van der Waals surface area contributed by atoms with Crippen LogP contribution in [-0.4, -0.2) is 68.1 Å². The molecule has 4 rings (SSSR count). The first-order valence-corrected chi connectivity index (χ1v) is 11.4. The van der Waals surface area contributed by atoms with Crippen LogP contribution < -0.4 is 4.74 Å². The lowest BCUT2D eigenvalue weighted by Crippen LogP contribution is -2.46. The highest BCUT2D eigenvalue weighted by Crippen LogP contribution is 2.38. The van der Waals surface area contributed by atoms with E-state index in [9.17, 15) is 4.79 Å². The van der Waals surface area contributed by atoms with Gasteiger partial charge in [-0.15, -0.1) is 0 Å². The lowest BCUT2D eigenvalue weighted by Gasteiger charge is -2.40. The molecule has 174 valence electrons. The standard InChI is InChI=1S/C24H33N3O5/c1-29-15-10-24(23-25-22(32-26-23)19-6-13-31-14-7-19)8-11-27(12-9-24)21(28)17-18-4-3-5-20(16-18)30-2/h3-5,16,19H,6-15,17H2,1-2H3. The van der Waals surface area contributed by atoms with Crippen molar-refractivity contribution in [1.29, 1.82) is 0 Å². The van der Waals surface area contributed by atoms with Crippen molar-refractivity contribution in [2.24, 2.45) is 0 Å². The second kappa shape index (κ2) is 10.4. The molecule has 8 nitrogen and oxygen atoms in total. The number of nitrogens with zero attached hydrogens (tertiary/aromatic N) is 3. The van der Waals surface area contributed by atoms with E-state index >= 15 is 0 Å². The first-order chi connectivity index (χ1) is 15.6. The smallest absolute Gasteiger partial charge is 0.229 e. The molecule has 0 unspecified atom stereocenters. The Balaban J connectivity index is 1.42. The van der Waals surface area contributed by atoms with Gasteiger partial charge in [-0.25, -0.2) is 0 Å². The molecule has 1 aromatic heterocycles. The van der Waals surface area contributed by atoms with Crippen molar-refractivity contribution in [2.45, 2.75) is 49.9 Å². The van der Waals surface area contributed by atoms with Gasteiger partial charge in [-0.1, -0.05) is 17.3 Å². The number of hydrogen-bond acceptors (Lipinski definition) is 7. The van der Waals surface area contributed by atoms with E-state index in [0.717, 1.165) is 68.3 Å². The van der Waals surface area contributed by atoms with Gasteiger partial charge in [-0.3, -0.25) is 4.79 Å². The summed E-state index contributed by atoms with van der Waals surface area (Å²) in [6.45, 7) is 3.45. The highest BCUT2D eigenvalue weighted by molar-refractivity contribution is 5.79. The first kappa shape index (κ1) is 22.7. The third-order valence-corrected chi connectivity index (χ3v) is 6.83. The summed E-state index contributed by atoms with van der Waals surface area (Å²) >= 11 is 0. The minimum atomic E-state index is -0.227. The average Bonchev–Trinajstić information content (AvgIpc) is 3.35. The predicted octanol–water partition coefficient (Wildman–Crippen LogP) is 3.11. The fourth-order valence-corrected chi connectivity index (χ4v) is 4.70. The maximum atomic E-state index is 12.9. The van der Waals surface area contributed by atoms with Gasteiger partial charge in [0.25, 0.3) is 0 Å². The zero-order valence-corrected chi connectivity index (χ0v) is 19.0. The molecule has 2 aliphatic heterocycles. The molecule has 3 heterocycles. The third-order valence-electron chi connectivity index (χ3n) is 6.83. The fourth-order valence-electron chi connectivity index (χ4n) is 4.70. The number of amides is 1. The number of rotatable bonds is 8. The zero-order valence-electron chi connectivity index (χ0n) is 19.0. The summed E-state index contributed by atoms with van der Waals surface area (Å²) in [6.07, 6.45) is 4.62. The number of benzene rings is 1. The maximum absolute atomic E-state index is 12.9. The van der Waals surface area contributed by atoms with Crippen molar-refractivity contribution in [3.63, 3.8) is 0 Å². The van der Waals surface area contributed by atoms with Crippen molar-refractivity contribution in [1.82, 2.24) is 15.0 Å². The molecule has 32 heavy (non-hydrogen) atoms. The van der Waals surface area contributed by atoms with Crippen LogP contribution in [0.1, 0.15) is 55.3 Å². The Labute approximate surface area is 189 Å². The molecule has 0 aliphatic carbocycles. The van der Waals surface area contributed by atoms with E-state index in [1.165, 1.54) is 0 Å². The van der Waals surface area contributed by atoms with E-state index in [1.54, 1.807) is 14.2 Å². The van der Waals surface area contributed by atoms with Crippen LogP contribution in [-0.2, 0) is 26.1 Å². The molecule has 0 saturated carbocycles. The summed E-state index contributed by atoms with van der Waals surface area (Å²) < 4.78 is 21.8. The fraction of sp³-hybridized carbons (Fsp3) is 0.625. The van der Waals surface area contributed by atoms with Gasteiger partial charge < -0.3 is 23.6 Å². The van der Waals surface area contributed by atoms with Gasteiger partial charge in [0, 0.05) is 51.4 Å². The Bertz CT molecular complexity index is 885. The molecule has 1 aromatic carbocycles. The normalized spacial score (nSPS) is 19.1. The second-order valence-electron chi connectivity index (χ2n) is 8.78. The minimum absolute atomic E-state index is 0.134. The van der Waals surface area contributed by atoms with E-state index in [-0.39, 0.29) is 17.2 Å². The minimum Gasteiger partial charge on any atom is -0.497 e. The number of carbonyl (C=O) groups excluding carboxylic acids is 1. The zero-order chi connectivity index (χ0) is 22.4. The van der Waals surface area contributed by atoms with E-state index in [1.807, 2.05) is 29.2 Å². The number of ether oxygens (including phenoxy) is 3. The highest BCUT2D eigenvalue weighted by Gasteiger charge is 2.41. The Kier molecular flexibility index (Phi) is 7.42. The Morgan fingerprint density at radius 1 is 1.22 bits per heavy atom. The number of likely N-dealkylation sites (tertiary alicyclic amines) is 1. The van der Waals surface area contributed by atoms with Crippen molar-refractivity contribution in [2.75, 3.05) is 47.1 Å². The molecule has 1 amide bonds. The number of hydrogen-bond donors (Lipinski definition) is 0. The lowest BCUT2D eigenvalue weighted by molar-refractivity contribution is -0.132. The summed E-state index contributed by atoms with van der Waals surface area (Å²) in [5.41, 5.74) is 0.736. The molecule has 2 aromatic rings. The van der Waals surface area contributed by atoms with Crippen LogP contribution in [0.15, 0.2) is 28.8 Å². The Hall–Kier alpha value is -2.45. The summed E-state index contributed by atoms with van der Waals surface area (Å²) in [7, 11) is 3.35. The summed E-state index contributed by atoms with van der Waals surface area (Å²) in [4.78, 5) is 19.7. The topological polar surface area (TPSA) is 86.9 Å². The van der Waals surface area contributed by atoms with E-state index in [0.29, 0.717) is 26.1 Å². The molecular formula is C24H33N3O5. The Morgan fingerprint density at radius 3 is 2.72 bits per heavy atom. The van der Waals surface area contributed by atoms with Gasteiger partial charge in [-0.2, -0.15) is 4.98 Å². The van der Waals surface area contributed by atoms with Crippen LogP contribution in [0.4, 0.5) is 0 Å². The van der Waals surface area contributed by atoms with Gasteiger partial charge >= 0.3 is 0 Å². The molecule has 0 N–H and O–H groups in total. The van der Waals surface area contributed by atoms with E-state index in [4.69, 9.17) is 23.7 Å². The predicted molar refractivity (Wildman–Crippen MR) is 118 cm³/mol. The number of methoxy groups -OCH3 is 2. The van der Waals surface area contributed by atoms with Crippen LogP contribution in [0.25, 0.3) is 0 Å². The monoisotopic (exact) mass is 443 g/mol. The van der Waals surface area contributed by atoms with Crippen molar-refractivity contribution in [3.05, 3.63) is 41.5 Å². The lowest BCUT2D eigenvalue weighted by atomic mass is 9.75. The van der Waals surface area contributed by atoms with E-state index < -0.39 is 0 Å². The third kappa shape index (κ3) is 5.13. The van der Waals surface area contributed by atoms with E-state index in [2.05, 4.69) is 5.16 Å². The van der Waals surface area contributed by atoms with Gasteiger partial charge in [0.05, 0.1) is 13.5 Å². The molecule has 8 heteroatoms. The van der Waals surface area contributed by atoms with Crippen LogP contribution in [0.3, 0.4) is 0 Å². The SMILES string of the molecule is COCCC1(c2noc(C3CCOCC3)n2)CCN(C(=O)Cc2cccc(OC)c2)CC1. The molecule has 0 atom stereocenters. The van der Waals surface area contributed by atoms with Crippen molar-refractivity contribution >= 4 is 5.91 Å². The Morgan fingerprint density at radius 2 is 2.00 bits per heavy atom. The molecule has 2 aliphatic rings. The van der Waals surface area contributed by atoms with Crippen LogP contribution >= 0.6 is 0 Å². The number of carbonyl (C=O) groups is 1. The number of piperidine rings is 1. The van der Waals surface area contributed by atoms with Crippen LogP contribution in [0, 0.1) is 0 Å². The quantitative estimate of drug-likeness (QED) is 0.619. The average molecular weight is 444 g/mol. The van der Waals surface area contributed by atoms with Gasteiger partial charge in [0.2, 0.25) is 11.8 Å². The second-order valence-corrected chi connectivity index (χ2v) is 8.78. The number of aromatic nitrogens is 2. The first-order valence-electron chi connectivity index (χ1n) is 11.4. The molecule has 2 fully saturated rings. The molecule has 0 radical (unpaired) electrons. The van der Waals surface area contributed by atoms with Crippen molar-refractivity contribution < 1.29 is 23.5 Å². The molecule has 0 spiro atoms. The summed E-state index contributed by atoms with van der Waals surface area (Å²) in [5.74, 6) is 2.65. The highest BCUT2D eigenvalue weighted by atomic mass is 16.5. The van der Waals surface area contributed by atoms with Crippen molar-refractivity contribution in [3.8, 4) is 5.75 Å². The molecule has 0 bridgehead atoms. The summed E-state index contributed by atoms with van der Waals surface area (Å²) in [6, 6.07) is 7.69. The van der Waals surface area contributed by atoms with Crippen LogP contribution in [0.5, 0.6) is 5.75 Å². The largest absolute Gasteiger partial charge is 0.497 e.